The standard InChI is InChI=1S/C11H12ClNO/c1-3-4-7-13-11-8-9(14-2)5-6-10(11)12/h1,5-6,8,13H,4,7H2,2H3. The molecule has 0 amide bonds. The number of ether oxygens (including phenoxy) is 1. The van der Waals surface area contributed by atoms with Crippen molar-refractivity contribution >= 4 is 17.3 Å². The molecule has 0 radical (unpaired) electrons. The maximum Gasteiger partial charge on any atom is 0.121 e. The van der Waals surface area contributed by atoms with Crippen molar-refractivity contribution < 1.29 is 4.74 Å². The Hall–Kier alpha value is -1.33. The summed E-state index contributed by atoms with van der Waals surface area (Å²) in [6.07, 6.45) is 5.81. The molecule has 0 aliphatic heterocycles. The Morgan fingerprint density at radius 2 is 2.36 bits per heavy atom. The van der Waals surface area contributed by atoms with Crippen LogP contribution in [0.1, 0.15) is 6.42 Å². The molecule has 0 aliphatic carbocycles. The first-order valence-electron chi connectivity index (χ1n) is 4.29. The van der Waals surface area contributed by atoms with E-state index in [0.717, 1.165) is 11.4 Å². The van der Waals surface area contributed by atoms with Crippen LogP contribution in [0.15, 0.2) is 18.2 Å². The van der Waals surface area contributed by atoms with Gasteiger partial charge in [-0.05, 0) is 12.1 Å². The van der Waals surface area contributed by atoms with Gasteiger partial charge in [0.1, 0.15) is 5.75 Å². The Morgan fingerprint density at radius 1 is 1.57 bits per heavy atom. The molecular weight excluding hydrogens is 198 g/mol. The van der Waals surface area contributed by atoms with Gasteiger partial charge >= 0.3 is 0 Å². The summed E-state index contributed by atoms with van der Waals surface area (Å²) in [5, 5.41) is 3.80. The fraction of sp³-hybridized carbons (Fsp3) is 0.273. The molecule has 0 atom stereocenters. The topological polar surface area (TPSA) is 21.3 Å². The lowest BCUT2D eigenvalue weighted by Crippen LogP contribution is -2.01. The third-order valence-corrected chi connectivity index (χ3v) is 2.09. The molecule has 0 aliphatic rings. The molecule has 0 saturated carbocycles. The van der Waals surface area contributed by atoms with Crippen molar-refractivity contribution in [3.8, 4) is 18.1 Å². The lowest BCUT2D eigenvalue weighted by Gasteiger charge is -2.08. The van der Waals surface area contributed by atoms with Crippen LogP contribution in [0.25, 0.3) is 0 Å². The molecule has 2 nitrogen and oxygen atoms in total. The molecule has 0 unspecified atom stereocenters. The van der Waals surface area contributed by atoms with Gasteiger partial charge in [-0.3, -0.25) is 0 Å². The molecule has 3 heteroatoms. The van der Waals surface area contributed by atoms with Crippen LogP contribution < -0.4 is 10.1 Å². The Labute approximate surface area is 89.2 Å². The monoisotopic (exact) mass is 209 g/mol. The number of anilines is 1. The number of nitrogens with one attached hydrogen (secondary N) is 1. The first kappa shape index (κ1) is 10.7. The highest BCUT2D eigenvalue weighted by atomic mass is 35.5. The predicted octanol–water partition coefficient (Wildman–Crippen LogP) is 2.78. The molecule has 0 bridgehead atoms. The van der Waals surface area contributed by atoms with Gasteiger partial charge in [0.05, 0.1) is 17.8 Å². The average molecular weight is 210 g/mol. The summed E-state index contributed by atoms with van der Waals surface area (Å²) in [5.74, 6) is 3.32. The summed E-state index contributed by atoms with van der Waals surface area (Å²) in [7, 11) is 1.62. The van der Waals surface area contributed by atoms with Crippen LogP contribution in [-0.2, 0) is 0 Å². The summed E-state index contributed by atoms with van der Waals surface area (Å²) in [4.78, 5) is 0. The van der Waals surface area contributed by atoms with E-state index >= 15 is 0 Å². The average Bonchev–Trinajstić information content (AvgIpc) is 2.21. The van der Waals surface area contributed by atoms with Crippen molar-refractivity contribution in [2.75, 3.05) is 19.0 Å². The van der Waals surface area contributed by atoms with E-state index in [-0.39, 0.29) is 0 Å². The summed E-state index contributed by atoms with van der Waals surface area (Å²) in [5.41, 5.74) is 0.848. The molecule has 0 spiro atoms. The quantitative estimate of drug-likeness (QED) is 0.608. The molecule has 1 rings (SSSR count). The fourth-order valence-corrected chi connectivity index (χ4v) is 1.22. The van der Waals surface area contributed by atoms with Crippen LogP contribution >= 0.6 is 11.6 Å². The van der Waals surface area contributed by atoms with Gasteiger partial charge in [0.25, 0.3) is 0 Å². The van der Waals surface area contributed by atoms with Crippen molar-refractivity contribution in [3.63, 3.8) is 0 Å². The van der Waals surface area contributed by atoms with Gasteiger partial charge < -0.3 is 10.1 Å². The lowest BCUT2D eigenvalue weighted by atomic mass is 10.3. The maximum atomic E-state index is 5.96. The van der Waals surface area contributed by atoms with Crippen LogP contribution in [0.4, 0.5) is 5.69 Å². The molecule has 0 fully saturated rings. The number of halogens is 1. The number of hydrogen-bond acceptors (Lipinski definition) is 2. The van der Waals surface area contributed by atoms with E-state index in [9.17, 15) is 0 Å². The first-order chi connectivity index (χ1) is 6.77. The van der Waals surface area contributed by atoms with E-state index < -0.39 is 0 Å². The van der Waals surface area contributed by atoms with Crippen LogP contribution in [0, 0.1) is 12.3 Å². The van der Waals surface area contributed by atoms with Gasteiger partial charge in [0, 0.05) is 19.0 Å². The summed E-state index contributed by atoms with van der Waals surface area (Å²) >= 11 is 5.96. The van der Waals surface area contributed by atoms with Crippen molar-refractivity contribution in [2.45, 2.75) is 6.42 Å². The smallest absolute Gasteiger partial charge is 0.121 e. The van der Waals surface area contributed by atoms with Crippen molar-refractivity contribution in [1.29, 1.82) is 0 Å². The summed E-state index contributed by atoms with van der Waals surface area (Å²) < 4.78 is 5.08. The van der Waals surface area contributed by atoms with E-state index in [1.807, 2.05) is 12.1 Å². The van der Waals surface area contributed by atoms with E-state index in [1.165, 1.54) is 0 Å². The molecule has 0 saturated heterocycles. The molecule has 1 aromatic carbocycles. The lowest BCUT2D eigenvalue weighted by molar-refractivity contribution is 0.415. The van der Waals surface area contributed by atoms with Crippen LogP contribution in [0.2, 0.25) is 5.02 Å². The zero-order valence-corrected chi connectivity index (χ0v) is 8.77. The van der Waals surface area contributed by atoms with Gasteiger partial charge in [-0.15, -0.1) is 12.3 Å². The van der Waals surface area contributed by atoms with Crippen molar-refractivity contribution in [1.82, 2.24) is 0 Å². The van der Waals surface area contributed by atoms with E-state index in [0.29, 0.717) is 18.0 Å². The number of hydrogen-bond donors (Lipinski definition) is 1. The fourth-order valence-electron chi connectivity index (χ4n) is 1.04. The largest absolute Gasteiger partial charge is 0.497 e. The van der Waals surface area contributed by atoms with Gasteiger partial charge in [0.15, 0.2) is 0 Å². The number of methoxy groups -OCH3 is 1. The van der Waals surface area contributed by atoms with Gasteiger partial charge in [-0.2, -0.15) is 0 Å². The van der Waals surface area contributed by atoms with Crippen molar-refractivity contribution in [3.05, 3.63) is 23.2 Å². The third-order valence-electron chi connectivity index (χ3n) is 1.76. The zero-order chi connectivity index (χ0) is 10.4. The highest BCUT2D eigenvalue weighted by Gasteiger charge is 2.00. The third kappa shape index (κ3) is 2.86. The predicted molar refractivity (Wildman–Crippen MR) is 59.9 cm³/mol. The Morgan fingerprint density at radius 3 is 3.00 bits per heavy atom. The SMILES string of the molecule is C#CCCNc1cc(OC)ccc1Cl. The second-order valence-electron chi connectivity index (χ2n) is 2.73. The number of benzene rings is 1. The molecule has 0 heterocycles. The second kappa shape index (κ2) is 5.41. The van der Waals surface area contributed by atoms with E-state index in [1.54, 1.807) is 13.2 Å². The summed E-state index contributed by atoms with van der Waals surface area (Å²) in [6.45, 7) is 0.712. The highest BCUT2D eigenvalue weighted by molar-refractivity contribution is 6.33. The van der Waals surface area contributed by atoms with Gasteiger partial charge in [0.2, 0.25) is 0 Å². The minimum Gasteiger partial charge on any atom is -0.497 e. The molecule has 1 N–H and O–H groups in total. The Balaban J connectivity index is 2.69. The maximum absolute atomic E-state index is 5.96. The molecule has 74 valence electrons. The minimum atomic E-state index is 0.669. The van der Waals surface area contributed by atoms with Crippen LogP contribution in [-0.4, -0.2) is 13.7 Å². The minimum absolute atomic E-state index is 0.669. The highest BCUT2D eigenvalue weighted by Crippen LogP contribution is 2.26. The number of terminal acetylenes is 1. The second-order valence-corrected chi connectivity index (χ2v) is 3.13. The zero-order valence-electron chi connectivity index (χ0n) is 8.01. The van der Waals surface area contributed by atoms with Crippen LogP contribution in [0.5, 0.6) is 5.75 Å². The first-order valence-corrected chi connectivity index (χ1v) is 4.66. The van der Waals surface area contributed by atoms with Crippen molar-refractivity contribution in [2.24, 2.45) is 0 Å². The molecule has 0 aromatic heterocycles. The molecule has 1 aromatic rings. The Kier molecular flexibility index (Phi) is 4.15. The van der Waals surface area contributed by atoms with Gasteiger partial charge in [-0.25, -0.2) is 0 Å². The summed E-state index contributed by atoms with van der Waals surface area (Å²) in [6, 6.07) is 5.45. The van der Waals surface area contributed by atoms with Gasteiger partial charge in [-0.1, -0.05) is 11.6 Å². The Bertz CT molecular complexity index is 344. The van der Waals surface area contributed by atoms with E-state index in [2.05, 4.69) is 11.2 Å². The molecule has 14 heavy (non-hydrogen) atoms. The normalized spacial score (nSPS) is 9.21. The number of rotatable bonds is 4. The van der Waals surface area contributed by atoms with E-state index in [4.69, 9.17) is 22.8 Å². The van der Waals surface area contributed by atoms with Crippen LogP contribution in [0.3, 0.4) is 0 Å². The molecular formula is C11H12ClNO.